The molecule has 0 unspecified atom stereocenters. The number of hydrogen-bond donors (Lipinski definition) is 3. The zero-order valence-electron chi connectivity index (χ0n) is 42.9. The van der Waals surface area contributed by atoms with Crippen LogP contribution in [0.3, 0.4) is 0 Å². The second kappa shape index (κ2) is 28.6. The molecule has 3 aliphatic rings. The summed E-state index contributed by atoms with van der Waals surface area (Å²) >= 11 is 0. The molecule has 2 amide bonds. The summed E-state index contributed by atoms with van der Waals surface area (Å²) in [7, 11) is 3.08. The van der Waals surface area contributed by atoms with Gasteiger partial charge >= 0.3 is 6.09 Å². The smallest absolute Gasteiger partial charge is 0.417 e. The highest BCUT2D eigenvalue weighted by molar-refractivity contribution is 6.03. The van der Waals surface area contributed by atoms with Gasteiger partial charge in [0.05, 0.1) is 38.1 Å². The maximum atomic E-state index is 14.9. The minimum atomic E-state index is -1.38. The lowest BCUT2D eigenvalue weighted by Gasteiger charge is -2.60. The van der Waals surface area contributed by atoms with Crippen molar-refractivity contribution in [3.63, 3.8) is 0 Å². The average molecular weight is 980 g/mol. The summed E-state index contributed by atoms with van der Waals surface area (Å²) < 4.78 is 31.6. The molecular weight excluding hydrogens is 899 g/mol. The van der Waals surface area contributed by atoms with E-state index in [4.69, 9.17) is 33.7 Å². The second-order valence-electron chi connectivity index (χ2n) is 19.3. The first-order chi connectivity index (χ1) is 34.7. The van der Waals surface area contributed by atoms with E-state index < -0.39 is 23.8 Å². The summed E-state index contributed by atoms with van der Waals surface area (Å²) in [4.78, 5) is 36.9. The predicted molar refractivity (Wildman–Crippen MR) is 279 cm³/mol. The normalized spacial score (nSPS) is 21.5. The molecular formula is C58H81N3O10. The van der Waals surface area contributed by atoms with Crippen LogP contribution in [0.1, 0.15) is 146 Å². The Morgan fingerprint density at radius 2 is 1.56 bits per heavy atom. The molecule has 6 atom stereocenters. The number of fused-ring (bicyclic) bond motifs is 2. The molecule has 71 heavy (non-hydrogen) atoms. The number of methoxy groups -OCH3 is 2. The minimum absolute atomic E-state index is 0.00137. The molecule has 3 N–H and O–H groups in total. The summed E-state index contributed by atoms with van der Waals surface area (Å²) in [5, 5.41) is 27.9. The van der Waals surface area contributed by atoms with Crippen LogP contribution in [-0.2, 0) is 21.0 Å². The van der Waals surface area contributed by atoms with Crippen LogP contribution >= 0.6 is 0 Å². The third-order valence-corrected chi connectivity index (χ3v) is 14.4. The molecule has 0 aromatic heterocycles. The number of nitrogens with zero attached hydrogens (tertiary/aromatic N) is 2. The van der Waals surface area contributed by atoms with Crippen molar-refractivity contribution in [1.29, 1.82) is 0 Å². The molecule has 0 radical (unpaired) electrons. The van der Waals surface area contributed by atoms with Gasteiger partial charge in [0.15, 0.2) is 0 Å². The number of nitrogens with one attached hydrogen (secondary N) is 1. The number of rotatable bonds is 31. The third-order valence-electron chi connectivity index (χ3n) is 14.4. The molecule has 1 aliphatic heterocycles. The largest absolute Gasteiger partial charge is 0.497 e. The Hall–Kier alpha value is -5.37. The number of hydrogen-bond acceptors (Lipinski definition) is 11. The lowest BCUT2D eigenvalue weighted by atomic mass is 9.55. The van der Waals surface area contributed by atoms with E-state index in [1.807, 2.05) is 47.4 Å². The summed E-state index contributed by atoms with van der Waals surface area (Å²) in [5.74, 6) is -0.178. The van der Waals surface area contributed by atoms with Crippen molar-refractivity contribution >= 4 is 23.4 Å². The Balaban J connectivity index is 1.46. The van der Waals surface area contributed by atoms with Gasteiger partial charge in [-0.25, -0.2) is 4.79 Å². The van der Waals surface area contributed by atoms with Crippen LogP contribution in [-0.4, -0.2) is 85.2 Å². The summed E-state index contributed by atoms with van der Waals surface area (Å²) in [6.45, 7) is 9.50. The minimum Gasteiger partial charge on any atom is -0.497 e. The highest BCUT2D eigenvalue weighted by atomic mass is 16.7. The van der Waals surface area contributed by atoms with Crippen molar-refractivity contribution < 1.29 is 48.3 Å². The second-order valence-corrected chi connectivity index (χ2v) is 19.3. The van der Waals surface area contributed by atoms with Gasteiger partial charge in [-0.05, 0) is 91.8 Å². The summed E-state index contributed by atoms with van der Waals surface area (Å²) in [5.41, 5.74) is 3.93. The van der Waals surface area contributed by atoms with Crippen molar-refractivity contribution in [1.82, 2.24) is 4.90 Å². The van der Waals surface area contributed by atoms with Gasteiger partial charge in [-0.1, -0.05) is 126 Å². The topological polar surface area (TPSA) is 158 Å². The Morgan fingerprint density at radius 1 is 0.845 bits per heavy atom. The molecule has 2 aliphatic carbocycles. The zero-order chi connectivity index (χ0) is 50.4. The van der Waals surface area contributed by atoms with Gasteiger partial charge < -0.3 is 43.6 Å². The fraction of sp³-hybridized carbons (Fsp3) is 0.569. The highest BCUT2D eigenvalue weighted by Gasteiger charge is 2.65. The predicted octanol–water partition coefficient (Wildman–Crippen LogP) is 12.3. The van der Waals surface area contributed by atoms with Crippen LogP contribution < -0.4 is 24.3 Å². The monoisotopic (exact) mass is 980 g/mol. The molecule has 13 nitrogen and oxygen atoms in total. The molecule has 1 fully saturated rings. The maximum Gasteiger partial charge on any atom is 0.417 e. The number of carbonyl (C=O) groups is 2. The molecule has 6 rings (SSSR count). The van der Waals surface area contributed by atoms with Crippen LogP contribution in [0, 0.1) is 17.8 Å². The number of aliphatic hydroxyl groups excluding tert-OH is 2. The molecule has 1 saturated carbocycles. The van der Waals surface area contributed by atoms with Crippen molar-refractivity contribution in [3.05, 3.63) is 102 Å². The van der Waals surface area contributed by atoms with Gasteiger partial charge in [-0.15, -0.1) is 6.58 Å². The Labute approximate surface area is 422 Å². The van der Waals surface area contributed by atoms with Gasteiger partial charge in [0, 0.05) is 50.1 Å². The van der Waals surface area contributed by atoms with Crippen LogP contribution in [0.4, 0.5) is 10.5 Å². The first-order valence-corrected chi connectivity index (χ1v) is 26.5. The van der Waals surface area contributed by atoms with E-state index in [2.05, 4.69) is 31.8 Å². The van der Waals surface area contributed by atoms with E-state index in [9.17, 15) is 19.8 Å². The number of amides is 2. The molecule has 1 heterocycles. The molecule has 13 heteroatoms. The van der Waals surface area contributed by atoms with Gasteiger partial charge in [0.2, 0.25) is 11.7 Å². The molecule has 0 bridgehead atoms. The fourth-order valence-electron chi connectivity index (χ4n) is 11.0. The van der Waals surface area contributed by atoms with Crippen LogP contribution in [0.15, 0.2) is 96.2 Å². The molecule has 388 valence electrons. The van der Waals surface area contributed by atoms with E-state index in [0.29, 0.717) is 60.9 Å². The lowest BCUT2D eigenvalue weighted by Crippen LogP contribution is -2.70. The highest BCUT2D eigenvalue weighted by Crippen LogP contribution is 2.62. The van der Waals surface area contributed by atoms with Crippen molar-refractivity contribution in [3.8, 4) is 23.0 Å². The van der Waals surface area contributed by atoms with Gasteiger partial charge in [0.25, 0.3) is 0 Å². The first kappa shape index (κ1) is 55.0. The quantitative estimate of drug-likeness (QED) is 0.0322. The van der Waals surface area contributed by atoms with Gasteiger partial charge in [-0.3, -0.25) is 10.1 Å². The van der Waals surface area contributed by atoms with Gasteiger partial charge in [-0.2, -0.15) is 0 Å². The average Bonchev–Trinajstić information content (AvgIpc) is 3.38. The maximum absolute atomic E-state index is 14.9. The number of oxime groups is 1. The number of unbranched alkanes of at least 4 members (excludes halogenated alkanes) is 10. The number of carbonyl (C=O) groups excluding carboxylic acids is 2. The van der Waals surface area contributed by atoms with E-state index >= 15 is 0 Å². The summed E-state index contributed by atoms with van der Waals surface area (Å²) in [6, 6.07) is 19.9. The van der Waals surface area contributed by atoms with E-state index in [0.717, 1.165) is 73.8 Å². The standard InChI is InChI=1S/C58H81N3O10/c1-6-9-10-11-12-13-14-15-19-28-54(64)61(33-7-2)53-40-50(60-69-41-42-24-17-16-18-25-42)47-37-43(26-20-22-34-62)46(27-21-23-35-63)55-48-38-45(30-32-51(48)71-58(53,56(47)55)68-36-8-3)70-57(65)59-49-31-29-44(66-4)39-52(49)67-5/h8,16-18,24-25,29-32,37-39,43,46,53,55-56,62-63H,3,6-7,9-15,19-23,26-28,33-36,40-41H2,1-2,4-5H3,(H,59,65)/t43-,46+,53-,55+,56+,58+/m0/s1. The third kappa shape index (κ3) is 14.4. The number of ether oxygens (including phenoxy) is 5. The number of anilines is 1. The van der Waals surface area contributed by atoms with Crippen molar-refractivity contribution in [2.24, 2.45) is 22.9 Å². The molecule has 0 spiro atoms. The molecule has 3 aromatic carbocycles. The van der Waals surface area contributed by atoms with Crippen molar-refractivity contribution in [2.45, 2.75) is 154 Å². The van der Waals surface area contributed by atoms with Gasteiger partial charge in [0.1, 0.15) is 35.6 Å². The lowest BCUT2D eigenvalue weighted by molar-refractivity contribution is -0.257. The van der Waals surface area contributed by atoms with Crippen LogP contribution in [0.5, 0.6) is 23.0 Å². The Bertz CT molecular complexity index is 2200. The first-order valence-electron chi connectivity index (χ1n) is 26.5. The van der Waals surface area contributed by atoms with E-state index in [1.165, 1.54) is 45.6 Å². The van der Waals surface area contributed by atoms with Crippen LogP contribution in [0.25, 0.3) is 0 Å². The zero-order valence-corrected chi connectivity index (χ0v) is 42.9. The fourth-order valence-corrected chi connectivity index (χ4v) is 11.0. The number of benzene rings is 3. The molecule has 3 aromatic rings. The number of aliphatic hydroxyl groups is 2. The Morgan fingerprint density at radius 3 is 2.25 bits per heavy atom. The SMILES string of the molecule is C=CCO[C@@]12Oc3ccc(OC(=O)Nc4ccc(OC)cc4OC)cc3[C@H]3[C@H](CCCCO)[C@@H](CCCCO)C=C(C(=NOCc4ccccc4)C[C@@H]1N(CCC)C(=O)CCCCCCCCCCC)[C@H]32. The van der Waals surface area contributed by atoms with Crippen molar-refractivity contribution in [2.75, 3.05) is 45.9 Å². The molecule has 0 saturated heterocycles. The van der Waals surface area contributed by atoms with E-state index in [-0.39, 0.29) is 50.1 Å². The van der Waals surface area contributed by atoms with E-state index in [1.54, 1.807) is 37.5 Å². The van der Waals surface area contributed by atoms with Crippen LogP contribution in [0.2, 0.25) is 0 Å². The Kier molecular flexibility index (Phi) is 22.1. The summed E-state index contributed by atoms with van der Waals surface area (Å²) in [6.07, 6.45) is 19.7. The number of allylic oxidation sites excluding steroid dienone is 1.